The molecule has 0 saturated carbocycles. The van der Waals surface area contributed by atoms with Crippen LogP contribution in [0.25, 0.3) is 21.5 Å². The standard InChI is InChI=1S/C14H11NO2S/c1-8(16)12-7-15-14(18-12)13-9(2)17-11-6-4-3-5-10(11)13/h3-7H,1-2H3. The van der Waals surface area contributed by atoms with Crippen LogP contribution >= 0.6 is 11.3 Å². The van der Waals surface area contributed by atoms with Crippen LogP contribution in [0.2, 0.25) is 0 Å². The molecule has 90 valence electrons. The van der Waals surface area contributed by atoms with Crippen LogP contribution in [0.15, 0.2) is 34.9 Å². The molecule has 2 heterocycles. The third-order valence-corrected chi connectivity index (χ3v) is 3.95. The van der Waals surface area contributed by atoms with Gasteiger partial charge in [0, 0.05) is 18.5 Å². The molecule has 0 aliphatic heterocycles. The summed E-state index contributed by atoms with van der Waals surface area (Å²) in [6, 6.07) is 7.86. The molecular formula is C14H11NO2S. The molecule has 3 aromatic rings. The van der Waals surface area contributed by atoms with Crippen LogP contribution in [-0.2, 0) is 0 Å². The quantitative estimate of drug-likeness (QED) is 0.650. The van der Waals surface area contributed by atoms with E-state index in [2.05, 4.69) is 4.98 Å². The lowest BCUT2D eigenvalue weighted by Crippen LogP contribution is -1.83. The van der Waals surface area contributed by atoms with Crippen LogP contribution in [0.5, 0.6) is 0 Å². The van der Waals surface area contributed by atoms with Crippen LogP contribution in [0.1, 0.15) is 22.4 Å². The van der Waals surface area contributed by atoms with E-state index < -0.39 is 0 Å². The topological polar surface area (TPSA) is 43.1 Å². The van der Waals surface area contributed by atoms with Gasteiger partial charge in [-0.1, -0.05) is 18.2 Å². The Morgan fingerprint density at radius 3 is 2.83 bits per heavy atom. The van der Waals surface area contributed by atoms with Crippen LogP contribution in [0.4, 0.5) is 0 Å². The molecule has 0 bridgehead atoms. The molecule has 0 N–H and O–H groups in total. The SMILES string of the molecule is CC(=O)c1cnc(-c2c(C)oc3ccccc23)s1. The molecular weight excluding hydrogens is 246 g/mol. The first-order chi connectivity index (χ1) is 8.66. The lowest BCUT2D eigenvalue weighted by atomic mass is 10.1. The van der Waals surface area contributed by atoms with Crippen molar-refractivity contribution >= 4 is 28.1 Å². The van der Waals surface area contributed by atoms with Gasteiger partial charge in [-0.3, -0.25) is 4.79 Å². The lowest BCUT2D eigenvalue weighted by Gasteiger charge is -1.93. The fourth-order valence-electron chi connectivity index (χ4n) is 1.99. The second-order valence-corrected chi connectivity index (χ2v) is 5.15. The number of carbonyl (C=O) groups is 1. The van der Waals surface area contributed by atoms with Crippen LogP contribution in [0, 0.1) is 6.92 Å². The van der Waals surface area contributed by atoms with E-state index in [0.29, 0.717) is 4.88 Å². The molecule has 0 fully saturated rings. The van der Waals surface area contributed by atoms with E-state index in [-0.39, 0.29) is 5.78 Å². The molecule has 0 atom stereocenters. The van der Waals surface area contributed by atoms with Gasteiger partial charge in [0.1, 0.15) is 16.4 Å². The molecule has 0 amide bonds. The summed E-state index contributed by atoms with van der Waals surface area (Å²) in [5, 5.41) is 1.88. The Labute approximate surface area is 108 Å². The minimum Gasteiger partial charge on any atom is -0.461 e. The third kappa shape index (κ3) is 1.66. The van der Waals surface area contributed by atoms with Crippen molar-refractivity contribution in [3.05, 3.63) is 41.1 Å². The molecule has 0 aliphatic carbocycles. The summed E-state index contributed by atoms with van der Waals surface area (Å²) >= 11 is 1.41. The van der Waals surface area contributed by atoms with Crippen molar-refractivity contribution in [1.82, 2.24) is 4.98 Å². The Morgan fingerprint density at radius 1 is 1.33 bits per heavy atom. The number of fused-ring (bicyclic) bond motifs is 1. The monoisotopic (exact) mass is 257 g/mol. The summed E-state index contributed by atoms with van der Waals surface area (Å²) in [5.74, 6) is 0.879. The minimum atomic E-state index is 0.0456. The zero-order valence-corrected chi connectivity index (χ0v) is 10.9. The number of para-hydroxylation sites is 1. The van der Waals surface area contributed by atoms with E-state index in [0.717, 1.165) is 27.3 Å². The van der Waals surface area contributed by atoms with Gasteiger partial charge >= 0.3 is 0 Å². The summed E-state index contributed by atoms with van der Waals surface area (Å²) in [6.45, 7) is 3.47. The number of hydrogen-bond donors (Lipinski definition) is 0. The van der Waals surface area contributed by atoms with Gasteiger partial charge in [-0.05, 0) is 13.0 Å². The van der Waals surface area contributed by atoms with Crippen LogP contribution in [-0.4, -0.2) is 10.8 Å². The fourth-order valence-corrected chi connectivity index (χ4v) is 2.90. The number of ketones is 1. The Bertz CT molecular complexity index is 739. The second kappa shape index (κ2) is 4.07. The highest BCUT2D eigenvalue weighted by Gasteiger charge is 2.16. The van der Waals surface area contributed by atoms with E-state index >= 15 is 0 Å². The number of carbonyl (C=O) groups excluding carboxylic acids is 1. The molecule has 0 spiro atoms. The van der Waals surface area contributed by atoms with E-state index in [1.807, 2.05) is 31.2 Å². The molecule has 3 nitrogen and oxygen atoms in total. The molecule has 0 unspecified atom stereocenters. The van der Waals surface area contributed by atoms with Gasteiger partial charge in [0.25, 0.3) is 0 Å². The number of thiazole rings is 1. The van der Waals surface area contributed by atoms with Gasteiger partial charge in [0.05, 0.1) is 10.4 Å². The highest BCUT2D eigenvalue weighted by Crippen LogP contribution is 2.36. The van der Waals surface area contributed by atoms with E-state index in [4.69, 9.17) is 4.42 Å². The number of Topliss-reactive ketones (excluding diaryl/α,β-unsaturated/α-hetero) is 1. The highest BCUT2D eigenvalue weighted by atomic mass is 32.1. The zero-order chi connectivity index (χ0) is 12.7. The van der Waals surface area contributed by atoms with E-state index in [1.54, 1.807) is 13.1 Å². The minimum absolute atomic E-state index is 0.0456. The normalized spacial score (nSPS) is 11.0. The summed E-state index contributed by atoms with van der Waals surface area (Å²) in [4.78, 5) is 16.3. The zero-order valence-electron chi connectivity index (χ0n) is 10.1. The van der Waals surface area contributed by atoms with E-state index in [9.17, 15) is 4.79 Å². The summed E-state index contributed by atoms with van der Waals surface area (Å²) in [6.07, 6.45) is 1.63. The predicted octanol–water partition coefficient (Wildman–Crippen LogP) is 4.07. The second-order valence-electron chi connectivity index (χ2n) is 4.12. The number of aromatic nitrogens is 1. The van der Waals surface area contributed by atoms with Gasteiger partial charge < -0.3 is 4.42 Å². The van der Waals surface area contributed by atoms with Crippen molar-refractivity contribution in [2.45, 2.75) is 13.8 Å². The Kier molecular flexibility index (Phi) is 2.52. The van der Waals surface area contributed by atoms with Gasteiger partial charge in [0.2, 0.25) is 0 Å². The summed E-state index contributed by atoms with van der Waals surface area (Å²) in [7, 11) is 0. The van der Waals surface area contributed by atoms with Gasteiger partial charge in [-0.2, -0.15) is 0 Å². The number of furan rings is 1. The maximum atomic E-state index is 11.3. The Balaban J connectivity index is 2.24. The fraction of sp³-hybridized carbons (Fsp3) is 0.143. The molecule has 18 heavy (non-hydrogen) atoms. The maximum absolute atomic E-state index is 11.3. The third-order valence-electron chi connectivity index (χ3n) is 2.84. The molecule has 1 aromatic carbocycles. The molecule has 4 heteroatoms. The van der Waals surface area contributed by atoms with Gasteiger partial charge in [-0.15, -0.1) is 11.3 Å². The molecule has 0 saturated heterocycles. The maximum Gasteiger partial charge on any atom is 0.171 e. The van der Waals surface area contributed by atoms with Gasteiger partial charge in [0.15, 0.2) is 5.78 Å². The largest absolute Gasteiger partial charge is 0.461 e. The number of aryl methyl sites for hydroxylation is 1. The number of rotatable bonds is 2. The van der Waals surface area contributed by atoms with E-state index in [1.165, 1.54) is 11.3 Å². The van der Waals surface area contributed by atoms with Crippen molar-refractivity contribution in [3.63, 3.8) is 0 Å². The smallest absolute Gasteiger partial charge is 0.171 e. The van der Waals surface area contributed by atoms with Crippen molar-refractivity contribution in [1.29, 1.82) is 0 Å². The number of nitrogens with zero attached hydrogens (tertiary/aromatic N) is 1. The van der Waals surface area contributed by atoms with Crippen LogP contribution in [0.3, 0.4) is 0 Å². The number of hydrogen-bond acceptors (Lipinski definition) is 4. The van der Waals surface area contributed by atoms with Gasteiger partial charge in [-0.25, -0.2) is 4.98 Å². The summed E-state index contributed by atoms with van der Waals surface area (Å²) in [5.41, 5.74) is 1.84. The first kappa shape index (κ1) is 11.2. The lowest BCUT2D eigenvalue weighted by molar-refractivity contribution is 0.102. The number of benzene rings is 1. The molecule has 0 aliphatic rings. The average Bonchev–Trinajstić information content (AvgIpc) is 2.91. The van der Waals surface area contributed by atoms with Crippen molar-refractivity contribution < 1.29 is 9.21 Å². The van der Waals surface area contributed by atoms with Crippen molar-refractivity contribution in [2.75, 3.05) is 0 Å². The average molecular weight is 257 g/mol. The molecule has 2 aromatic heterocycles. The van der Waals surface area contributed by atoms with Crippen molar-refractivity contribution in [3.8, 4) is 10.6 Å². The summed E-state index contributed by atoms with van der Waals surface area (Å²) < 4.78 is 5.70. The van der Waals surface area contributed by atoms with Crippen LogP contribution < -0.4 is 0 Å². The highest BCUT2D eigenvalue weighted by molar-refractivity contribution is 7.17. The molecule has 3 rings (SSSR count). The predicted molar refractivity (Wildman–Crippen MR) is 72.1 cm³/mol. The van der Waals surface area contributed by atoms with Crippen molar-refractivity contribution in [2.24, 2.45) is 0 Å². The molecule has 0 radical (unpaired) electrons. The Hall–Kier alpha value is -1.94. The Morgan fingerprint density at radius 2 is 2.11 bits per heavy atom. The first-order valence-corrected chi connectivity index (χ1v) is 6.43. The first-order valence-electron chi connectivity index (χ1n) is 5.62.